The number of rotatable bonds is 6. The van der Waals surface area contributed by atoms with Crippen molar-refractivity contribution in [1.29, 1.82) is 0 Å². The molecule has 1 aromatic rings. The number of carbonyl (C=O) groups excluding carboxylic acids is 1. The molecule has 1 amide bonds. The standard InChI is InChI=1S/C14H19BrN2O3/c1-9(2)6-12(8-15)16-14(18)11-4-5-13(17(19)20)10(3)7-11/h4-5,7,9,12H,6,8H2,1-3H3,(H,16,18). The number of aryl methyl sites for hydroxylation is 1. The zero-order valence-electron chi connectivity index (χ0n) is 11.9. The van der Waals surface area contributed by atoms with Crippen molar-refractivity contribution < 1.29 is 9.72 Å². The van der Waals surface area contributed by atoms with Crippen LogP contribution in [0.15, 0.2) is 18.2 Å². The van der Waals surface area contributed by atoms with Gasteiger partial charge in [0, 0.05) is 28.6 Å². The molecule has 1 aromatic carbocycles. The van der Waals surface area contributed by atoms with Gasteiger partial charge in [-0.05, 0) is 31.4 Å². The maximum absolute atomic E-state index is 12.1. The highest BCUT2D eigenvalue weighted by Gasteiger charge is 2.17. The minimum Gasteiger partial charge on any atom is -0.348 e. The largest absolute Gasteiger partial charge is 0.348 e. The van der Waals surface area contributed by atoms with Gasteiger partial charge in [0.2, 0.25) is 0 Å². The second-order valence-electron chi connectivity index (χ2n) is 5.21. The summed E-state index contributed by atoms with van der Waals surface area (Å²) in [7, 11) is 0. The molecular formula is C14H19BrN2O3. The normalized spacial score (nSPS) is 12.2. The Morgan fingerprint density at radius 2 is 2.10 bits per heavy atom. The van der Waals surface area contributed by atoms with Crippen LogP contribution in [0.5, 0.6) is 0 Å². The topological polar surface area (TPSA) is 72.2 Å². The van der Waals surface area contributed by atoms with Gasteiger partial charge in [-0.15, -0.1) is 0 Å². The summed E-state index contributed by atoms with van der Waals surface area (Å²) in [5.74, 6) is 0.282. The fourth-order valence-corrected chi connectivity index (χ4v) is 2.43. The van der Waals surface area contributed by atoms with E-state index in [1.807, 2.05) is 0 Å². The lowest BCUT2D eigenvalue weighted by atomic mass is 10.0. The minimum atomic E-state index is -0.447. The van der Waals surface area contributed by atoms with Crippen molar-refractivity contribution in [2.75, 3.05) is 5.33 Å². The molecule has 20 heavy (non-hydrogen) atoms. The number of hydrogen-bond donors (Lipinski definition) is 1. The number of hydrogen-bond acceptors (Lipinski definition) is 3. The molecule has 0 aromatic heterocycles. The van der Waals surface area contributed by atoms with Crippen LogP contribution in [0.4, 0.5) is 5.69 Å². The Hall–Kier alpha value is -1.43. The molecule has 0 aliphatic carbocycles. The second kappa shape index (κ2) is 7.38. The Kier molecular flexibility index (Phi) is 6.13. The average molecular weight is 343 g/mol. The number of nitrogens with zero attached hydrogens (tertiary/aromatic N) is 1. The molecule has 0 saturated heterocycles. The Morgan fingerprint density at radius 3 is 2.55 bits per heavy atom. The molecule has 1 rings (SSSR count). The number of carbonyl (C=O) groups is 1. The number of benzene rings is 1. The molecule has 110 valence electrons. The van der Waals surface area contributed by atoms with Crippen LogP contribution in [0, 0.1) is 23.0 Å². The maximum atomic E-state index is 12.1. The van der Waals surface area contributed by atoms with E-state index in [1.165, 1.54) is 12.1 Å². The monoisotopic (exact) mass is 342 g/mol. The van der Waals surface area contributed by atoms with Gasteiger partial charge in [0.15, 0.2) is 0 Å². The van der Waals surface area contributed by atoms with Gasteiger partial charge in [0.1, 0.15) is 0 Å². The van der Waals surface area contributed by atoms with Crippen LogP contribution in [0.3, 0.4) is 0 Å². The van der Waals surface area contributed by atoms with Gasteiger partial charge >= 0.3 is 0 Å². The average Bonchev–Trinajstić information content (AvgIpc) is 2.36. The molecular weight excluding hydrogens is 324 g/mol. The molecule has 0 fully saturated rings. The predicted octanol–water partition coefficient (Wildman–Crippen LogP) is 3.44. The van der Waals surface area contributed by atoms with Crippen LogP contribution in [0.1, 0.15) is 36.2 Å². The molecule has 0 heterocycles. The highest BCUT2D eigenvalue weighted by molar-refractivity contribution is 9.09. The molecule has 0 spiro atoms. The van der Waals surface area contributed by atoms with E-state index in [-0.39, 0.29) is 17.6 Å². The number of halogens is 1. The first-order chi connectivity index (χ1) is 9.35. The molecule has 0 saturated carbocycles. The second-order valence-corrected chi connectivity index (χ2v) is 5.86. The van der Waals surface area contributed by atoms with Crippen LogP contribution >= 0.6 is 15.9 Å². The SMILES string of the molecule is Cc1cc(C(=O)NC(CBr)CC(C)C)ccc1[N+](=O)[O-]. The van der Waals surface area contributed by atoms with Crippen molar-refractivity contribution in [1.82, 2.24) is 5.32 Å². The highest BCUT2D eigenvalue weighted by Crippen LogP contribution is 2.19. The summed E-state index contributed by atoms with van der Waals surface area (Å²) in [6.45, 7) is 5.82. The van der Waals surface area contributed by atoms with Crippen LogP contribution in [-0.4, -0.2) is 22.2 Å². The van der Waals surface area contributed by atoms with Gasteiger partial charge in [-0.2, -0.15) is 0 Å². The summed E-state index contributed by atoms with van der Waals surface area (Å²) in [5, 5.41) is 14.4. The van der Waals surface area contributed by atoms with E-state index in [9.17, 15) is 14.9 Å². The predicted molar refractivity (Wildman–Crippen MR) is 82.3 cm³/mol. The molecule has 1 atom stereocenters. The van der Waals surface area contributed by atoms with Gasteiger partial charge in [-0.1, -0.05) is 29.8 Å². The van der Waals surface area contributed by atoms with E-state index in [1.54, 1.807) is 13.0 Å². The van der Waals surface area contributed by atoms with Crippen LogP contribution in [-0.2, 0) is 0 Å². The van der Waals surface area contributed by atoms with Gasteiger partial charge < -0.3 is 5.32 Å². The summed E-state index contributed by atoms with van der Waals surface area (Å²) in [4.78, 5) is 22.4. The molecule has 0 aliphatic heterocycles. The van der Waals surface area contributed by atoms with Crippen molar-refractivity contribution in [2.24, 2.45) is 5.92 Å². The quantitative estimate of drug-likeness (QED) is 0.489. The van der Waals surface area contributed by atoms with Crippen LogP contribution in [0.25, 0.3) is 0 Å². The van der Waals surface area contributed by atoms with Crippen LogP contribution in [0.2, 0.25) is 0 Å². The molecule has 1 unspecified atom stereocenters. The maximum Gasteiger partial charge on any atom is 0.272 e. The van der Waals surface area contributed by atoms with E-state index < -0.39 is 4.92 Å². The summed E-state index contributed by atoms with van der Waals surface area (Å²) in [6.07, 6.45) is 0.878. The molecule has 0 bridgehead atoms. The van der Waals surface area contributed by atoms with Crippen molar-refractivity contribution >= 4 is 27.5 Å². The zero-order chi connectivity index (χ0) is 15.3. The Labute approximate surface area is 127 Å². The van der Waals surface area contributed by atoms with E-state index in [4.69, 9.17) is 0 Å². The first kappa shape index (κ1) is 16.6. The number of nitro groups is 1. The Morgan fingerprint density at radius 1 is 1.45 bits per heavy atom. The first-order valence-corrected chi connectivity index (χ1v) is 7.59. The summed E-state index contributed by atoms with van der Waals surface area (Å²) in [5.41, 5.74) is 0.963. The lowest BCUT2D eigenvalue weighted by Crippen LogP contribution is -2.37. The number of alkyl halides is 1. The third-order valence-corrected chi connectivity index (χ3v) is 3.71. The van der Waals surface area contributed by atoms with E-state index in [0.29, 0.717) is 22.4 Å². The van der Waals surface area contributed by atoms with E-state index in [0.717, 1.165) is 6.42 Å². The smallest absolute Gasteiger partial charge is 0.272 e. The number of amides is 1. The third-order valence-electron chi connectivity index (χ3n) is 2.93. The fraction of sp³-hybridized carbons (Fsp3) is 0.500. The first-order valence-electron chi connectivity index (χ1n) is 6.47. The number of nitro benzene ring substituents is 1. The van der Waals surface area contributed by atoms with Gasteiger partial charge in [0.05, 0.1) is 4.92 Å². The van der Waals surface area contributed by atoms with E-state index >= 15 is 0 Å². The fourth-order valence-electron chi connectivity index (χ4n) is 2.00. The summed E-state index contributed by atoms with van der Waals surface area (Å²) >= 11 is 3.39. The van der Waals surface area contributed by atoms with E-state index in [2.05, 4.69) is 35.1 Å². The third kappa shape index (κ3) is 4.59. The van der Waals surface area contributed by atoms with Crippen molar-refractivity contribution in [3.63, 3.8) is 0 Å². The summed E-state index contributed by atoms with van der Waals surface area (Å²) in [6, 6.07) is 4.46. The van der Waals surface area contributed by atoms with Crippen molar-refractivity contribution in [2.45, 2.75) is 33.2 Å². The Bertz CT molecular complexity index is 503. The highest BCUT2D eigenvalue weighted by atomic mass is 79.9. The number of nitrogens with one attached hydrogen (secondary N) is 1. The summed E-state index contributed by atoms with van der Waals surface area (Å²) < 4.78 is 0. The van der Waals surface area contributed by atoms with Gasteiger partial charge in [0.25, 0.3) is 11.6 Å². The van der Waals surface area contributed by atoms with Crippen molar-refractivity contribution in [3.05, 3.63) is 39.4 Å². The molecule has 0 radical (unpaired) electrons. The van der Waals surface area contributed by atoms with Crippen LogP contribution < -0.4 is 5.32 Å². The lowest BCUT2D eigenvalue weighted by Gasteiger charge is -2.18. The van der Waals surface area contributed by atoms with Crippen molar-refractivity contribution in [3.8, 4) is 0 Å². The molecule has 0 aliphatic rings. The minimum absolute atomic E-state index is 0.0285. The molecule has 5 nitrogen and oxygen atoms in total. The van der Waals surface area contributed by atoms with Gasteiger partial charge in [-0.3, -0.25) is 14.9 Å². The lowest BCUT2D eigenvalue weighted by molar-refractivity contribution is -0.385. The van der Waals surface area contributed by atoms with Gasteiger partial charge in [-0.25, -0.2) is 0 Å². The Balaban J connectivity index is 2.82. The molecule has 1 N–H and O–H groups in total. The molecule has 6 heteroatoms. The zero-order valence-corrected chi connectivity index (χ0v) is 13.4.